The highest BCUT2D eigenvalue weighted by atomic mass is 19.1. The van der Waals surface area contributed by atoms with E-state index in [1.165, 1.54) is 59.7 Å². The van der Waals surface area contributed by atoms with Crippen LogP contribution in [-0.4, -0.2) is 63.5 Å². The summed E-state index contributed by atoms with van der Waals surface area (Å²) in [5.74, 6) is -2.64. The molecule has 8 N–H and O–H groups in total. The third-order valence-corrected chi connectivity index (χ3v) is 20.8. The molecular formula is C98H84F4N12O4. The molecule has 0 saturated heterocycles. The fraction of sp³-hybridized carbons (Fsp3) is 0.143. The average molecular weight is 1570 g/mol. The van der Waals surface area contributed by atoms with E-state index in [-0.39, 0.29) is 69.7 Å². The lowest BCUT2D eigenvalue weighted by Crippen LogP contribution is -2.13. The Morgan fingerprint density at radius 2 is 0.534 bits per heavy atom. The Hall–Kier alpha value is -14.4. The predicted molar refractivity (Wildman–Crippen MR) is 458 cm³/mol. The number of amides is 4. The van der Waals surface area contributed by atoms with Gasteiger partial charge in [-0.2, -0.15) is 0 Å². The maximum Gasteiger partial charge on any atom is 0.267 e. The quantitative estimate of drug-likeness (QED) is 0.0519. The van der Waals surface area contributed by atoms with Crippen LogP contribution in [-0.2, 0) is 25.7 Å². The summed E-state index contributed by atoms with van der Waals surface area (Å²) in [6.45, 7) is 12.5. The summed E-state index contributed by atoms with van der Waals surface area (Å²) < 4.78 is 53.5. The van der Waals surface area contributed by atoms with E-state index in [0.717, 1.165) is 137 Å². The van der Waals surface area contributed by atoms with Crippen LogP contribution in [0.3, 0.4) is 0 Å². The molecule has 118 heavy (non-hydrogen) atoms. The predicted octanol–water partition coefficient (Wildman–Crippen LogP) is 20.1. The molecule has 0 bridgehead atoms. The van der Waals surface area contributed by atoms with Gasteiger partial charge in [-0.1, -0.05) is 149 Å². The van der Waals surface area contributed by atoms with Crippen LogP contribution in [0, 0.1) is 37.1 Å². The molecule has 0 fully saturated rings. The van der Waals surface area contributed by atoms with Gasteiger partial charge in [0.15, 0.2) is 0 Å². The Morgan fingerprint density at radius 3 is 0.737 bits per heavy atom. The summed E-state index contributed by atoms with van der Waals surface area (Å²) in [6, 6.07) is 71.9. The molecule has 588 valence electrons. The maximum atomic E-state index is 13.4. The number of hydrogen-bond donors (Lipinski definition) is 4. The van der Waals surface area contributed by atoms with E-state index in [4.69, 9.17) is 22.9 Å². The Balaban J connectivity index is 0.000000136. The SMILES string of the molecule is CC(Cc1cccnc1)c1ccc2c(-c3ccc(F)cc3)cc(C(N)=O)nc2c1.CC(Cc1cccnc1)c1ccc2c(-c3ccc(F)cc3)cc(C(N)=O)nc2c1.Cc1ccc(CC(C)c2ccc3c(-c4ccc(F)cc4)cc(C(N)=O)nc3c2)cn1.Cc1ccc(CC(C)c2ccc3c(-c4ccc(F)cc4)cc(C(N)=O)nc3c2)cn1. The lowest BCUT2D eigenvalue weighted by molar-refractivity contribution is 0.0987. The van der Waals surface area contributed by atoms with Crippen LogP contribution in [0.5, 0.6) is 0 Å². The third kappa shape index (κ3) is 20.2. The first kappa shape index (κ1) is 81.6. The lowest BCUT2D eigenvalue weighted by atomic mass is 9.92. The molecule has 0 spiro atoms. The number of nitrogens with zero attached hydrogens (tertiary/aromatic N) is 8. The number of benzene rings is 8. The summed E-state index contributed by atoms with van der Waals surface area (Å²) in [4.78, 5) is 82.4. The summed E-state index contributed by atoms with van der Waals surface area (Å²) in [7, 11) is 0. The van der Waals surface area contributed by atoms with Gasteiger partial charge < -0.3 is 22.9 Å². The minimum atomic E-state index is -0.593. The average Bonchev–Trinajstić information content (AvgIpc) is 0.793. The van der Waals surface area contributed by atoms with Gasteiger partial charge in [0.25, 0.3) is 23.6 Å². The summed E-state index contributed by atoms with van der Waals surface area (Å²) in [5.41, 5.74) is 43.1. The minimum Gasteiger partial charge on any atom is -0.364 e. The van der Waals surface area contributed by atoms with Crippen LogP contribution in [0.15, 0.2) is 280 Å². The van der Waals surface area contributed by atoms with E-state index in [9.17, 15) is 36.7 Å². The number of carbonyl (C=O) groups is 4. The van der Waals surface area contributed by atoms with Gasteiger partial charge in [0.2, 0.25) is 0 Å². The highest BCUT2D eigenvalue weighted by Crippen LogP contribution is 2.38. The molecule has 0 aliphatic rings. The normalized spacial score (nSPS) is 12.1. The zero-order chi connectivity index (χ0) is 83.3. The fourth-order valence-electron chi connectivity index (χ4n) is 14.3. The second-order valence-electron chi connectivity index (χ2n) is 29.6. The van der Waals surface area contributed by atoms with Crippen molar-refractivity contribution in [1.82, 2.24) is 39.9 Å². The second kappa shape index (κ2) is 36.8. The highest BCUT2D eigenvalue weighted by molar-refractivity contribution is 6.04. The zero-order valence-electron chi connectivity index (χ0n) is 65.7. The Morgan fingerprint density at radius 1 is 0.297 bits per heavy atom. The van der Waals surface area contributed by atoms with Gasteiger partial charge >= 0.3 is 0 Å². The Bertz CT molecular complexity index is 5940. The maximum absolute atomic E-state index is 13.4. The number of primary amides is 4. The molecule has 0 radical (unpaired) electrons. The number of nitrogens with two attached hydrogens (primary N) is 4. The molecule has 16 rings (SSSR count). The molecule has 8 heterocycles. The topological polar surface area (TPSA) is 275 Å². The van der Waals surface area contributed by atoms with Gasteiger partial charge in [-0.05, 0) is 274 Å². The molecule has 4 atom stereocenters. The molecule has 4 amide bonds. The van der Waals surface area contributed by atoms with Crippen LogP contribution < -0.4 is 22.9 Å². The van der Waals surface area contributed by atoms with Gasteiger partial charge in [-0.15, -0.1) is 0 Å². The first-order valence-electron chi connectivity index (χ1n) is 38.5. The van der Waals surface area contributed by atoms with Crippen LogP contribution in [0.1, 0.15) is 149 Å². The van der Waals surface area contributed by atoms with Crippen molar-refractivity contribution < 1.29 is 36.7 Å². The molecule has 0 aliphatic carbocycles. The van der Waals surface area contributed by atoms with Crippen molar-refractivity contribution in [2.24, 2.45) is 22.9 Å². The first-order chi connectivity index (χ1) is 56.8. The summed E-state index contributed by atoms with van der Waals surface area (Å²) in [5, 5.41) is 3.55. The van der Waals surface area contributed by atoms with Gasteiger partial charge in [-0.3, -0.25) is 39.1 Å². The summed E-state index contributed by atoms with van der Waals surface area (Å²) in [6.07, 6.45) is 14.5. The molecule has 0 aliphatic heterocycles. The Kier molecular flexibility index (Phi) is 25.5. The molecule has 4 unspecified atom stereocenters. The standard InChI is InChI=1S/2C25H22FN3O.2C24H20FN3O/c2*1-15(11-17-4-3-16(2)28-14-17)19-7-10-21-22(18-5-8-20(26)9-6-18)13-24(25(27)30)29-23(21)12-19;2*1-15(11-16-3-2-10-27-14-16)18-6-9-20-21(17-4-7-19(25)8-5-17)13-23(24(26)29)28-22(20)12-18/h2*3-10,12-15H,11H2,1-2H3,(H2,27,30);2*2-10,12-15H,11H2,1H3,(H2,26,29). The van der Waals surface area contributed by atoms with Crippen LogP contribution in [0.2, 0.25) is 0 Å². The summed E-state index contributed by atoms with van der Waals surface area (Å²) >= 11 is 0. The van der Waals surface area contributed by atoms with Gasteiger partial charge in [0, 0.05) is 70.1 Å². The minimum absolute atomic E-state index is 0.189. The van der Waals surface area contributed by atoms with Gasteiger partial charge in [0.1, 0.15) is 46.0 Å². The van der Waals surface area contributed by atoms with Crippen molar-refractivity contribution in [2.45, 2.75) is 90.9 Å². The van der Waals surface area contributed by atoms with Crippen molar-refractivity contribution in [3.63, 3.8) is 0 Å². The van der Waals surface area contributed by atoms with Crippen LogP contribution in [0.4, 0.5) is 17.6 Å². The van der Waals surface area contributed by atoms with Gasteiger partial charge in [-0.25, -0.2) is 37.5 Å². The Labute approximate surface area is 680 Å². The number of fused-ring (bicyclic) bond motifs is 4. The van der Waals surface area contributed by atoms with E-state index in [2.05, 4.69) is 116 Å². The smallest absolute Gasteiger partial charge is 0.267 e. The first-order valence-corrected chi connectivity index (χ1v) is 38.5. The molecular weight excluding hydrogens is 1490 g/mol. The number of carbonyl (C=O) groups excluding carboxylic acids is 4. The number of rotatable bonds is 20. The lowest BCUT2D eigenvalue weighted by Gasteiger charge is -2.15. The monoisotopic (exact) mass is 1570 g/mol. The number of halogens is 4. The highest BCUT2D eigenvalue weighted by Gasteiger charge is 2.21. The van der Waals surface area contributed by atoms with E-state index < -0.39 is 23.6 Å². The zero-order valence-corrected chi connectivity index (χ0v) is 65.7. The van der Waals surface area contributed by atoms with E-state index in [1.807, 2.05) is 111 Å². The number of aryl methyl sites for hydroxylation is 2. The largest absolute Gasteiger partial charge is 0.364 e. The molecule has 8 aromatic heterocycles. The van der Waals surface area contributed by atoms with E-state index in [0.29, 0.717) is 22.1 Å². The van der Waals surface area contributed by atoms with E-state index >= 15 is 0 Å². The molecule has 16 nitrogen and oxygen atoms in total. The van der Waals surface area contributed by atoms with Crippen molar-refractivity contribution >= 4 is 67.2 Å². The van der Waals surface area contributed by atoms with Crippen molar-refractivity contribution in [3.8, 4) is 44.5 Å². The van der Waals surface area contributed by atoms with Gasteiger partial charge in [0.05, 0.1) is 22.1 Å². The molecule has 20 heteroatoms. The van der Waals surface area contributed by atoms with Crippen molar-refractivity contribution in [2.75, 3.05) is 0 Å². The fourth-order valence-corrected chi connectivity index (χ4v) is 14.3. The number of aromatic nitrogens is 8. The molecule has 0 saturated carbocycles. The van der Waals surface area contributed by atoms with Crippen molar-refractivity contribution in [1.29, 1.82) is 0 Å². The second-order valence-corrected chi connectivity index (χ2v) is 29.6. The van der Waals surface area contributed by atoms with Crippen molar-refractivity contribution in [3.05, 3.63) is 382 Å². The third-order valence-electron chi connectivity index (χ3n) is 20.8. The van der Waals surface area contributed by atoms with E-state index in [1.54, 1.807) is 85.2 Å². The number of hydrogen-bond acceptors (Lipinski definition) is 12. The number of pyridine rings is 8. The molecule has 16 aromatic rings. The van der Waals surface area contributed by atoms with Crippen LogP contribution in [0.25, 0.3) is 88.1 Å². The molecule has 8 aromatic carbocycles. The van der Waals surface area contributed by atoms with Crippen LogP contribution >= 0.6 is 0 Å².